The molecule has 94 valence electrons. The maximum absolute atomic E-state index is 11.9. The number of carbonyl (C=O) groups is 1. The number of nitrogens with two attached hydrogens (primary N) is 1. The van der Waals surface area contributed by atoms with Crippen molar-refractivity contribution in [3.05, 3.63) is 46.2 Å². The van der Waals surface area contributed by atoms with E-state index in [-0.39, 0.29) is 6.61 Å². The number of rotatable bonds is 4. The molecule has 0 saturated carbocycles. The lowest BCUT2D eigenvalue weighted by atomic mass is 10.1. The fourth-order valence-electron chi connectivity index (χ4n) is 1.44. The highest BCUT2D eigenvalue weighted by molar-refractivity contribution is 7.07. The van der Waals surface area contributed by atoms with Crippen LogP contribution < -0.4 is 10.5 Å². The quantitative estimate of drug-likeness (QED) is 0.680. The van der Waals surface area contributed by atoms with Crippen molar-refractivity contribution in [1.82, 2.24) is 0 Å². The van der Waals surface area contributed by atoms with Crippen LogP contribution in [0.2, 0.25) is 0 Å². The van der Waals surface area contributed by atoms with E-state index >= 15 is 0 Å². The predicted octanol–water partition coefficient (Wildman–Crippen LogP) is 2.70. The van der Waals surface area contributed by atoms with Crippen molar-refractivity contribution in [1.29, 1.82) is 0 Å². The number of hydrogen-bond acceptors (Lipinski definition) is 5. The van der Waals surface area contributed by atoms with Gasteiger partial charge in [-0.25, -0.2) is 4.79 Å². The molecule has 0 amide bonds. The van der Waals surface area contributed by atoms with Crippen molar-refractivity contribution in [3.8, 4) is 5.75 Å². The monoisotopic (exact) mass is 263 g/mol. The Morgan fingerprint density at radius 3 is 2.89 bits per heavy atom. The molecule has 0 aliphatic carbocycles. The zero-order valence-electron chi connectivity index (χ0n) is 9.88. The minimum atomic E-state index is -0.447. The van der Waals surface area contributed by atoms with E-state index in [1.807, 2.05) is 16.8 Å². The van der Waals surface area contributed by atoms with Crippen LogP contribution in [0.5, 0.6) is 5.75 Å². The third kappa shape index (κ3) is 2.81. The summed E-state index contributed by atoms with van der Waals surface area (Å²) >= 11 is 1.56. The van der Waals surface area contributed by atoms with Gasteiger partial charge in [0.1, 0.15) is 12.4 Å². The van der Waals surface area contributed by atoms with Gasteiger partial charge in [-0.3, -0.25) is 0 Å². The first-order chi connectivity index (χ1) is 8.70. The number of esters is 1. The van der Waals surface area contributed by atoms with Gasteiger partial charge >= 0.3 is 5.97 Å². The van der Waals surface area contributed by atoms with Crippen molar-refractivity contribution < 1.29 is 14.3 Å². The van der Waals surface area contributed by atoms with Gasteiger partial charge in [-0.05, 0) is 35.0 Å². The molecule has 0 spiro atoms. The molecule has 2 rings (SSSR count). The Kier molecular flexibility index (Phi) is 3.84. The first-order valence-electron chi connectivity index (χ1n) is 5.32. The van der Waals surface area contributed by atoms with E-state index in [9.17, 15) is 4.79 Å². The molecule has 2 N–H and O–H groups in total. The van der Waals surface area contributed by atoms with Crippen LogP contribution in [0.3, 0.4) is 0 Å². The van der Waals surface area contributed by atoms with Crippen LogP contribution in [-0.2, 0) is 11.3 Å². The van der Waals surface area contributed by atoms with Crippen LogP contribution in [0.25, 0.3) is 0 Å². The molecule has 2 aromatic rings. The van der Waals surface area contributed by atoms with Crippen LogP contribution in [0.1, 0.15) is 15.9 Å². The largest absolute Gasteiger partial charge is 0.497 e. The number of ether oxygens (including phenoxy) is 2. The van der Waals surface area contributed by atoms with Crippen molar-refractivity contribution in [2.24, 2.45) is 0 Å². The van der Waals surface area contributed by atoms with Crippen LogP contribution in [0.15, 0.2) is 35.0 Å². The minimum Gasteiger partial charge on any atom is -0.497 e. The molecule has 1 heterocycles. The van der Waals surface area contributed by atoms with Crippen molar-refractivity contribution in [3.63, 3.8) is 0 Å². The molecule has 0 saturated heterocycles. The topological polar surface area (TPSA) is 61.5 Å². The molecule has 4 nitrogen and oxygen atoms in total. The van der Waals surface area contributed by atoms with Crippen LogP contribution in [0.4, 0.5) is 5.69 Å². The molecule has 0 atom stereocenters. The SMILES string of the molecule is COc1ccc(N)c(C(=O)OCc2ccsc2)c1. The van der Waals surface area contributed by atoms with E-state index in [4.69, 9.17) is 15.2 Å². The summed E-state index contributed by atoms with van der Waals surface area (Å²) in [7, 11) is 1.53. The molecule has 1 aromatic carbocycles. The van der Waals surface area contributed by atoms with E-state index in [1.54, 1.807) is 29.5 Å². The average Bonchev–Trinajstić information content (AvgIpc) is 2.89. The summed E-state index contributed by atoms with van der Waals surface area (Å²) in [5.74, 6) is 0.129. The summed E-state index contributed by atoms with van der Waals surface area (Å²) in [6.45, 7) is 0.249. The van der Waals surface area contributed by atoms with Gasteiger partial charge in [0.15, 0.2) is 0 Å². The van der Waals surface area contributed by atoms with Gasteiger partial charge in [0.25, 0.3) is 0 Å². The van der Waals surface area contributed by atoms with Crippen molar-refractivity contribution in [2.75, 3.05) is 12.8 Å². The van der Waals surface area contributed by atoms with Gasteiger partial charge < -0.3 is 15.2 Å². The number of anilines is 1. The van der Waals surface area contributed by atoms with E-state index in [2.05, 4.69) is 0 Å². The zero-order valence-corrected chi connectivity index (χ0v) is 10.7. The second-order valence-electron chi connectivity index (χ2n) is 3.66. The Labute approximate surface area is 109 Å². The third-order valence-corrected chi connectivity index (χ3v) is 3.16. The average molecular weight is 263 g/mol. The molecule has 0 bridgehead atoms. The highest BCUT2D eigenvalue weighted by Gasteiger charge is 2.12. The molecule has 0 aliphatic rings. The van der Waals surface area contributed by atoms with Crippen LogP contribution >= 0.6 is 11.3 Å². The number of thiophene rings is 1. The number of benzene rings is 1. The summed E-state index contributed by atoms with van der Waals surface area (Å²) in [5, 5.41) is 3.87. The van der Waals surface area contributed by atoms with Crippen LogP contribution in [-0.4, -0.2) is 13.1 Å². The second kappa shape index (κ2) is 5.55. The van der Waals surface area contributed by atoms with E-state index in [1.165, 1.54) is 7.11 Å². The molecule has 0 fully saturated rings. The standard InChI is InChI=1S/C13H13NO3S/c1-16-10-2-3-12(14)11(6-10)13(15)17-7-9-4-5-18-8-9/h2-6,8H,7,14H2,1H3. The first kappa shape index (κ1) is 12.4. The Morgan fingerprint density at radius 2 is 2.22 bits per heavy atom. The Bertz CT molecular complexity index is 537. The molecular formula is C13H13NO3S. The molecular weight excluding hydrogens is 250 g/mol. The smallest absolute Gasteiger partial charge is 0.340 e. The number of hydrogen-bond donors (Lipinski definition) is 1. The first-order valence-corrected chi connectivity index (χ1v) is 6.26. The number of carbonyl (C=O) groups excluding carboxylic acids is 1. The Morgan fingerprint density at radius 1 is 1.39 bits per heavy atom. The van der Waals surface area contributed by atoms with E-state index in [0.29, 0.717) is 17.0 Å². The highest BCUT2D eigenvalue weighted by atomic mass is 32.1. The number of methoxy groups -OCH3 is 1. The van der Waals surface area contributed by atoms with Gasteiger partial charge in [0.05, 0.1) is 12.7 Å². The van der Waals surface area contributed by atoms with Gasteiger partial charge in [0, 0.05) is 11.3 Å². The van der Waals surface area contributed by atoms with Gasteiger partial charge in [-0.15, -0.1) is 0 Å². The second-order valence-corrected chi connectivity index (χ2v) is 4.44. The summed E-state index contributed by atoms with van der Waals surface area (Å²) in [6.07, 6.45) is 0. The van der Waals surface area contributed by atoms with E-state index < -0.39 is 5.97 Å². The molecule has 18 heavy (non-hydrogen) atoms. The maximum atomic E-state index is 11.9. The zero-order chi connectivity index (χ0) is 13.0. The van der Waals surface area contributed by atoms with Crippen LogP contribution in [0, 0.1) is 0 Å². The summed E-state index contributed by atoms with van der Waals surface area (Å²) in [4.78, 5) is 11.9. The van der Waals surface area contributed by atoms with Gasteiger partial charge in [-0.1, -0.05) is 0 Å². The fourth-order valence-corrected chi connectivity index (χ4v) is 2.09. The summed E-state index contributed by atoms with van der Waals surface area (Å²) in [5.41, 5.74) is 7.41. The van der Waals surface area contributed by atoms with Gasteiger partial charge in [-0.2, -0.15) is 11.3 Å². The Balaban J connectivity index is 2.08. The Hall–Kier alpha value is -2.01. The molecule has 0 radical (unpaired) electrons. The van der Waals surface area contributed by atoms with E-state index in [0.717, 1.165) is 5.56 Å². The minimum absolute atomic E-state index is 0.249. The maximum Gasteiger partial charge on any atom is 0.340 e. The van der Waals surface area contributed by atoms with Gasteiger partial charge in [0.2, 0.25) is 0 Å². The lowest BCUT2D eigenvalue weighted by Crippen LogP contribution is -2.08. The molecule has 5 heteroatoms. The van der Waals surface area contributed by atoms with Crippen molar-refractivity contribution >= 4 is 23.0 Å². The lowest BCUT2D eigenvalue weighted by Gasteiger charge is -2.08. The summed E-state index contributed by atoms with van der Waals surface area (Å²) in [6, 6.07) is 6.81. The summed E-state index contributed by atoms with van der Waals surface area (Å²) < 4.78 is 10.2. The number of nitrogen functional groups attached to an aromatic ring is 1. The highest BCUT2D eigenvalue weighted by Crippen LogP contribution is 2.20. The molecule has 1 aromatic heterocycles. The third-order valence-electron chi connectivity index (χ3n) is 2.43. The predicted molar refractivity (Wildman–Crippen MR) is 70.8 cm³/mol. The van der Waals surface area contributed by atoms with Crippen molar-refractivity contribution in [2.45, 2.75) is 6.61 Å². The fraction of sp³-hybridized carbons (Fsp3) is 0.154. The lowest BCUT2D eigenvalue weighted by molar-refractivity contribution is 0.0474. The molecule has 0 aliphatic heterocycles. The molecule has 0 unspecified atom stereocenters. The normalized spacial score (nSPS) is 10.1.